The lowest BCUT2D eigenvalue weighted by molar-refractivity contribution is 0.355. The Morgan fingerprint density at radius 3 is 1.91 bits per heavy atom. The van der Waals surface area contributed by atoms with E-state index in [-0.39, 0.29) is 23.7 Å². The lowest BCUT2D eigenvalue weighted by Gasteiger charge is -2.10. The first-order valence-corrected chi connectivity index (χ1v) is 8.05. The van der Waals surface area contributed by atoms with Crippen LogP contribution in [0.5, 0.6) is 0 Å². The van der Waals surface area contributed by atoms with E-state index in [4.69, 9.17) is 8.94 Å². The van der Waals surface area contributed by atoms with E-state index in [9.17, 15) is 0 Å². The number of nitrogens with zero attached hydrogens (tertiary/aromatic N) is 4. The lowest BCUT2D eigenvalue weighted by atomic mass is 9.97. The third-order valence-corrected chi connectivity index (χ3v) is 3.80. The molecule has 0 bridgehead atoms. The fraction of sp³-hybridized carbons (Fsp3) is 0.750. The summed E-state index contributed by atoms with van der Waals surface area (Å²) in [5.41, 5.74) is 0. The highest BCUT2D eigenvalue weighted by Gasteiger charge is 2.20. The maximum absolute atomic E-state index is 5.71. The molecule has 22 heavy (non-hydrogen) atoms. The molecule has 0 aliphatic rings. The van der Waals surface area contributed by atoms with Crippen LogP contribution < -0.4 is 0 Å². The normalized spacial score (nSPS) is 14.7. The third kappa shape index (κ3) is 3.93. The summed E-state index contributed by atoms with van der Waals surface area (Å²) in [6, 6.07) is 0. The molecule has 0 amide bonds. The monoisotopic (exact) mass is 306 g/mol. The summed E-state index contributed by atoms with van der Waals surface area (Å²) in [6.07, 6.45) is 1.91. The number of hydrogen-bond acceptors (Lipinski definition) is 6. The molecule has 0 aromatic carbocycles. The molecule has 0 N–H and O–H groups in total. The molecular formula is C16H26N4O2. The minimum absolute atomic E-state index is 0.235. The largest absolute Gasteiger partial charge is 0.425 e. The fourth-order valence-electron chi connectivity index (χ4n) is 2.11. The second kappa shape index (κ2) is 7.03. The van der Waals surface area contributed by atoms with Crippen LogP contribution in [-0.2, 0) is 0 Å². The van der Waals surface area contributed by atoms with Gasteiger partial charge in [0.1, 0.15) is 0 Å². The smallest absolute Gasteiger partial charge is 0.229 e. The van der Waals surface area contributed by atoms with E-state index in [0.29, 0.717) is 17.7 Å². The van der Waals surface area contributed by atoms with Crippen molar-refractivity contribution < 1.29 is 8.94 Å². The van der Waals surface area contributed by atoms with E-state index in [2.05, 4.69) is 34.2 Å². The molecule has 0 spiro atoms. The molecule has 2 aromatic rings. The van der Waals surface area contributed by atoms with Crippen molar-refractivity contribution in [2.45, 2.75) is 78.1 Å². The lowest BCUT2D eigenvalue weighted by Crippen LogP contribution is -2.01. The van der Waals surface area contributed by atoms with Gasteiger partial charge in [0.2, 0.25) is 17.7 Å². The van der Waals surface area contributed by atoms with Crippen molar-refractivity contribution in [3.8, 4) is 0 Å². The van der Waals surface area contributed by atoms with Crippen molar-refractivity contribution in [2.75, 3.05) is 0 Å². The van der Waals surface area contributed by atoms with Gasteiger partial charge in [-0.25, -0.2) is 0 Å². The molecule has 2 heterocycles. The zero-order chi connectivity index (χ0) is 16.3. The molecule has 6 nitrogen and oxygen atoms in total. The minimum atomic E-state index is 0.235. The quantitative estimate of drug-likeness (QED) is 0.755. The van der Waals surface area contributed by atoms with Gasteiger partial charge in [0.25, 0.3) is 0 Å². The third-order valence-electron chi connectivity index (χ3n) is 3.80. The highest BCUT2D eigenvalue weighted by Crippen LogP contribution is 2.27. The number of hydrogen-bond donors (Lipinski definition) is 0. The molecule has 2 aromatic heterocycles. The van der Waals surface area contributed by atoms with Gasteiger partial charge in [0.15, 0.2) is 5.82 Å². The van der Waals surface area contributed by atoms with Crippen LogP contribution >= 0.6 is 0 Å². The van der Waals surface area contributed by atoms with Crippen molar-refractivity contribution in [3.05, 3.63) is 23.5 Å². The Morgan fingerprint density at radius 1 is 0.773 bits per heavy atom. The second-order valence-corrected chi connectivity index (χ2v) is 6.66. The first-order valence-electron chi connectivity index (χ1n) is 8.05. The summed E-state index contributed by atoms with van der Waals surface area (Å²) in [5.74, 6) is 3.92. The van der Waals surface area contributed by atoms with E-state index in [0.717, 1.165) is 18.7 Å². The van der Waals surface area contributed by atoms with Gasteiger partial charge in [-0.05, 0) is 12.8 Å². The summed E-state index contributed by atoms with van der Waals surface area (Å²) in [5, 5.41) is 12.3. The first kappa shape index (κ1) is 16.6. The topological polar surface area (TPSA) is 77.8 Å². The summed E-state index contributed by atoms with van der Waals surface area (Å²) in [4.78, 5) is 4.46. The molecule has 0 fully saturated rings. The molecular weight excluding hydrogens is 280 g/mol. The van der Waals surface area contributed by atoms with Gasteiger partial charge in [-0.3, -0.25) is 0 Å². The van der Waals surface area contributed by atoms with Crippen LogP contribution in [0.25, 0.3) is 0 Å². The second-order valence-electron chi connectivity index (χ2n) is 6.66. The molecule has 2 atom stereocenters. The summed E-state index contributed by atoms with van der Waals surface area (Å²) in [7, 11) is 0. The van der Waals surface area contributed by atoms with Crippen LogP contribution in [-0.4, -0.2) is 20.3 Å². The number of aromatic nitrogens is 4. The maximum Gasteiger partial charge on any atom is 0.229 e. The predicted octanol–water partition coefficient (Wildman–Crippen LogP) is 4.39. The van der Waals surface area contributed by atoms with Gasteiger partial charge in [-0.15, -0.1) is 10.2 Å². The standard InChI is InChI=1S/C16H26N4O2/c1-9(2)14-17-13(20-22-14)11(5)7-8-12(6)16-19-18-15(21-16)10(3)4/h9-12H,7-8H2,1-6H3. The van der Waals surface area contributed by atoms with Crippen LogP contribution in [0.1, 0.15) is 102 Å². The Morgan fingerprint density at radius 2 is 1.36 bits per heavy atom. The van der Waals surface area contributed by atoms with E-state index in [1.54, 1.807) is 0 Å². The zero-order valence-electron chi connectivity index (χ0n) is 14.3. The predicted molar refractivity (Wildman–Crippen MR) is 82.8 cm³/mol. The summed E-state index contributed by atoms with van der Waals surface area (Å²) >= 11 is 0. The van der Waals surface area contributed by atoms with Crippen molar-refractivity contribution in [2.24, 2.45) is 0 Å². The van der Waals surface area contributed by atoms with Gasteiger partial charge >= 0.3 is 0 Å². The molecule has 0 saturated heterocycles. The molecule has 2 unspecified atom stereocenters. The Bertz CT molecular complexity index is 536. The van der Waals surface area contributed by atoms with Gasteiger partial charge in [-0.2, -0.15) is 4.98 Å². The van der Waals surface area contributed by atoms with Gasteiger partial charge in [-0.1, -0.05) is 46.7 Å². The molecule has 6 heteroatoms. The van der Waals surface area contributed by atoms with Gasteiger partial charge in [0, 0.05) is 23.7 Å². The average Bonchev–Trinajstić information content (AvgIpc) is 3.12. The molecule has 0 aliphatic heterocycles. The van der Waals surface area contributed by atoms with E-state index in [1.165, 1.54) is 0 Å². The summed E-state index contributed by atoms with van der Waals surface area (Å²) in [6.45, 7) is 12.4. The van der Waals surface area contributed by atoms with Crippen molar-refractivity contribution in [1.29, 1.82) is 0 Å². The van der Waals surface area contributed by atoms with Gasteiger partial charge < -0.3 is 8.94 Å². The minimum Gasteiger partial charge on any atom is -0.425 e. The molecule has 0 saturated carbocycles. The number of rotatable bonds is 7. The maximum atomic E-state index is 5.71. The highest BCUT2D eigenvalue weighted by atomic mass is 16.5. The van der Waals surface area contributed by atoms with Crippen LogP contribution in [0, 0.1) is 0 Å². The molecule has 0 radical (unpaired) electrons. The average molecular weight is 306 g/mol. The Kier molecular flexibility index (Phi) is 5.32. The van der Waals surface area contributed by atoms with Gasteiger partial charge in [0.05, 0.1) is 0 Å². The zero-order valence-corrected chi connectivity index (χ0v) is 14.3. The fourth-order valence-corrected chi connectivity index (χ4v) is 2.11. The first-order chi connectivity index (χ1) is 10.4. The Hall–Kier alpha value is -1.72. The molecule has 0 aliphatic carbocycles. The van der Waals surface area contributed by atoms with Crippen LogP contribution in [0.15, 0.2) is 8.94 Å². The molecule has 122 valence electrons. The Labute approximate surface area is 131 Å². The SMILES string of the molecule is CC(C)c1nc(C(C)CCC(C)c2nnc(C(C)C)o2)no1. The van der Waals surface area contributed by atoms with E-state index in [1.807, 2.05) is 27.7 Å². The van der Waals surface area contributed by atoms with E-state index >= 15 is 0 Å². The highest BCUT2D eigenvalue weighted by molar-refractivity contribution is 4.98. The van der Waals surface area contributed by atoms with Crippen molar-refractivity contribution in [1.82, 2.24) is 20.3 Å². The van der Waals surface area contributed by atoms with Crippen LogP contribution in [0.4, 0.5) is 0 Å². The molecule has 2 rings (SSSR count). The van der Waals surface area contributed by atoms with E-state index < -0.39 is 0 Å². The van der Waals surface area contributed by atoms with Crippen LogP contribution in [0.3, 0.4) is 0 Å². The Balaban J connectivity index is 1.90. The van der Waals surface area contributed by atoms with Crippen LogP contribution in [0.2, 0.25) is 0 Å². The summed E-state index contributed by atoms with van der Waals surface area (Å²) < 4.78 is 11.0. The van der Waals surface area contributed by atoms with Crippen molar-refractivity contribution >= 4 is 0 Å². The van der Waals surface area contributed by atoms with Crippen molar-refractivity contribution in [3.63, 3.8) is 0 Å².